The van der Waals surface area contributed by atoms with Gasteiger partial charge in [0.15, 0.2) is 5.82 Å². The van der Waals surface area contributed by atoms with Gasteiger partial charge in [0, 0.05) is 29.1 Å². The van der Waals surface area contributed by atoms with Gasteiger partial charge < -0.3 is 11.1 Å². The number of hydrogen-bond donors (Lipinski definition) is 2. The number of aromatic nitrogens is 2. The van der Waals surface area contributed by atoms with E-state index in [2.05, 4.69) is 15.3 Å². The molecule has 0 amide bonds. The van der Waals surface area contributed by atoms with E-state index in [1.807, 2.05) is 37.3 Å². The van der Waals surface area contributed by atoms with Gasteiger partial charge in [-0.05, 0) is 31.9 Å². The molecule has 1 aliphatic carbocycles. The zero-order valence-corrected chi connectivity index (χ0v) is 12.5. The normalized spacial score (nSPS) is 15.9. The van der Waals surface area contributed by atoms with E-state index in [0.29, 0.717) is 6.04 Å². The van der Waals surface area contributed by atoms with Gasteiger partial charge >= 0.3 is 0 Å². The number of nitrogens with one attached hydrogen (secondary N) is 1. The summed E-state index contributed by atoms with van der Waals surface area (Å²) in [6.45, 7) is 2.00. The first-order valence-electron chi connectivity index (χ1n) is 7.69. The second-order valence-electron chi connectivity index (χ2n) is 5.82. The Kier molecular flexibility index (Phi) is 4.04. The minimum Gasteiger partial charge on any atom is -0.399 e. The van der Waals surface area contributed by atoms with Crippen LogP contribution in [0, 0.1) is 6.92 Å². The molecule has 1 aromatic heterocycles. The van der Waals surface area contributed by atoms with Gasteiger partial charge in [-0.3, -0.25) is 0 Å². The summed E-state index contributed by atoms with van der Waals surface area (Å²) in [7, 11) is 0. The molecule has 3 rings (SSSR count). The number of nitrogens with zero attached hydrogens (tertiary/aromatic N) is 2. The predicted molar refractivity (Wildman–Crippen MR) is 87.1 cm³/mol. The molecule has 0 atom stereocenters. The molecule has 2 aromatic rings. The molecule has 1 fully saturated rings. The lowest BCUT2D eigenvalue weighted by molar-refractivity contribution is 0.462. The molecular weight excluding hydrogens is 260 g/mol. The summed E-state index contributed by atoms with van der Waals surface area (Å²) < 4.78 is 0. The van der Waals surface area contributed by atoms with Crippen molar-refractivity contribution in [1.29, 1.82) is 0 Å². The van der Waals surface area contributed by atoms with Gasteiger partial charge in [-0.1, -0.05) is 31.4 Å². The first-order chi connectivity index (χ1) is 10.2. The molecule has 21 heavy (non-hydrogen) atoms. The lowest BCUT2D eigenvalue weighted by Gasteiger charge is -2.23. The second-order valence-corrected chi connectivity index (χ2v) is 5.82. The third-order valence-electron chi connectivity index (χ3n) is 3.96. The molecule has 110 valence electrons. The fraction of sp³-hybridized carbons (Fsp3) is 0.412. The fourth-order valence-corrected chi connectivity index (χ4v) is 2.91. The minimum atomic E-state index is 0.543. The summed E-state index contributed by atoms with van der Waals surface area (Å²) in [4.78, 5) is 9.19. The number of nitrogens with two attached hydrogens (primary N) is 1. The van der Waals surface area contributed by atoms with Crippen molar-refractivity contribution in [2.45, 2.75) is 45.1 Å². The van der Waals surface area contributed by atoms with Gasteiger partial charge in [-0.15, -0.1) is 0 Å². The van der Waals surface area contributed by atoms with E-state index >= 15 is 0 Å². The van der Waals surface area contributed by atoms with E-state index in [4.69, 9.17) is 5.73 Å². The van der Waals surface area contributed by atoms with Crippen LogP contribution in [0.5, 0.6) is 0 Å². The fourth-order valence-electron chi connectivity index (χ4n) is 2.91. The molecule has 3 N–H and O–H groups in total. The number of anilines is 2. The molecule has 0 radical (unpaired) electrons. The van der Waals surface area contributed by atoms with Crippen LogP contribution in [0.4, 0.5) is 11.5 Å². The SMILES string of the molecule is Cc1cc(NC2CCCCC2)nc(-c2cccc(N)c2)n1. The van der Waals surface area contributed by atoms with Crippen molar-refractivity contribution in [2.24, 2.45) is 0 Å². The van der Waals surface area contributed by atoms with Gasteiger partial charge in [0.1, 0.15) is 5.82 Å². The largest absolute Gasteiger partial charge is 0.399 e. The minimum absolute atomic E-state index is 0.543. The zero-order chi connectivity index (χ0) is 14.7. The van der Waals surface area contributed by atoms with Crippen molar-refractivity contribution < 1.29 is 0 Å². The Morgan fingerprint density at radius 2 is 1.90 bits per heavy atom. The quantitative estimate of drug-likeness (QED) is 0.841. The maximum Gasteiger partial charge on any atom is 0.161 e. The van der Waals surface area contributed by atoms with Crippen LogP contribution in [0.1, 0.15) is 37.8 Å². The number of nitrogen functional groups attached to an aromatic ring is 1. The van der Waals surface area contributed by atoms with E-state index < -0.39 is 0 Å². The molecule has 0 bridgehead atoms. The summed E-state index contributed by atoms with van der Waals surface area (Å²) >= 11 is 0. The second kappa shape index (κ2) is 6.12. The summed E-state index contributed by atoms with van der Waals surface area (Å²) in [6, 6.07) is 10.3. The molecule has 4 heteroatoms. The summed E-state index contributed by atoms with van der Waals surface area (Å²) in [5.74, 6) is 1.66. The summed E-state index contributed by atoms with van der Waals surface area (Å²) in [6.07, 6.45) is 6.44. The Morgan fingerprint density at radius 1 is 1.10 bits per heavy atom. The van der Waals surface area contributed by atoms with Gasteiger partial charge in [-0.2, -0.15) is 0 Å². The van der Waals surface area contributed by atoms with Crippen molar-refractivity contribution >= 4 is 11.5 Å². The number of aryl methyl sites for hydroxylation is 1. The molecule has 1 aliphatic rings. The number of rotatable bonds is 3. The summed E-state index contributed by atoms with van der Waals surface area (Å²) in [5.41, 5.74) is 8.52. The van der Waals surface area contributed by atoms with Crippen molar-refractivity contribution in [1.82, 2.24) is 9.97 Å². The third kappa shape index (κ3) is 3.51. The van der Waals surface area contributed by atoms with E-state index in [-0.39, 0.29) is 0 Å². The summed E-state index contributed by atoms with van der Waals surface area (Å²) in [5, 5.41) is 3.56. The van der Waals surface area contributed by atoms with E-state index in [0.717, 1.165) is 28.6 Å². The molecule has 4 nitrogen and oxygen atoms in total. The highest BCUT2D eigenvalue weighted by Crippen LogP contribution is 2.23. The van der Waals surface area contributed by atoms with Crippen LogP contribution in [0.25, 0.3) is 11.4 Å². The predicted octanol–water partition coefficient (Wildman–Crippen LogP) is 3.78. The Labute approximate surface area is 125 Å². The molecule has 1 heterocycles. The average Bonchev–Trinajstić information content (AvgIpc) is 2.48. The highest BCUT2D eigenvalue weighted by molar-refractivity contribution is 5.62. The Balaban J connectivity index is 1.85. The molecule has 1 aromatic carbocycles. The van der Waals surface area contributed by atoms with Crippen LogP contribution in [0.3, 0.4) is 0 Å². The lowest BCUT2D eigenvalue weighted by Crippen LogP contribution is -2.23. The third-order valence-corrected chi connectivity index (χ3v) is 3.96. The zero-order valence-electron chi connectivity index (χ0n) is 12.5. The van der Waals surface area contributed by atoms with Crippen molar-refractivity contribution in [3.8, 4) is 11.4 Å². The van der Waals surface area contributed by atoms with Crippen LogP contribution in [0.2, 0.25) is 0 Å². The monoisotopic (exact) mass is 282 g/mol. The topological polar surface area (TPSA) is 63.8 Å². The lowest BCUT2D eigenvalue weighted by atomic mass is 9.95. The molecule has 0 aliphatic heterocycles. The van der Waals surface area contributed by atoms with Crippen molar-refractivity contribution in [3.05, 3.63) is 36.0 Å². The van der Waals surface area contributed by atoms with Gasteiger partial charge in [0.05, 0.1) is 0 Å². The van der Waals surface area contributed by atoms with Crippen LogP contribution in [-0.2, 0) is 0 Å². The van der Waals surface area contributed by atoms with Crippen LogP contribution in [0.15, 0.2) is 30.3 Å². The van der Waals surface area contributed by atoms with Crippen molar-refractivity contribution in [3.63, 3.8) is 0 Å². The van der Waals surface area contributed by atoms with Crippen LogP contribution >= 0.6 is 0 Å². The van der Waals surface area contributed by atoms with E-state index in [9.17, 15) is 0 Å². The maximum atomic E-state index is 5.85. The van der Waals surface area contributed by atoms with Gasteiger partial charge in [0.25, 0.3) is 0 Å². The highest BCUT2D eigenvalue weighted by Gasteiger charge is 2.14. The number of hydrogen-bond acceptors (Lipinski definition) is 4. The number of benzene rings is 1. The Hall–Kier alpha value is -2.10. The maximum absolute atomic E-state index is 5.85. The van der Waals surface area contributed by atoms with Crippen LogP contribution < -0.4 is 11.1 Å². The first kappa shape index (κ1) is 13.9. The molecule has 0 unspecified atom stereocenters. The Morgan fingerprint density at radius 3 is 2.67 bits per heavy atom. The molecular formula is C17H22N4. The van der Waals surface area contributed by atoms with Gasteiger partial charge in [0.2, 0.25) is 0 Å². The van der Waals surface area contributed by atoms with Gasteiger partial charge in [-0.25, -0.2) is 9.97 Å². The standard InChI is InChI=1S/C17H22N4/c1-12-10-16(20-15-8-3-2-4-9-15)21-17(19-12)13-6-5-7-14(18)11-13/h5-7,10-11,15H,2-4,8-9,18H2,1H3,(H,19,20,21). The van der Waals surface area contributed by atoms with E-state index in [1.165, 1.54) is 32.1 Å². The van der Waals surface area contributed by atoms with E-state index in [1.54, 1.807) is 0 Å². The molecule has 0 spiro atoms. The Bertz CT molecular complexity index is 618. The smallest absolute Gasteiger partial charge is 0.161 e. The van der Waals surface area contributed by atoms with Crippen molar-refractivity contribution in [2.75, 3.05) is 11.1 Å². The molecule has 1 saturated carbocycles. The highest BCUT2D eigenvalue weighted by atomic mass is 15.0. The molecule has 0 saturated heterocycles. The first-order valence-corrected chi connectivity index (χ1v) is 7.69. The average molecular weight is 282 g/mol. The van der Waals surface area contributed by atoms with Crippen LogP contribution in [-0.4, -0.2) is 16.0 Å².